The van der Waals surface area contributed by atoms with Crippen molar-refractivity contribution in [3.05, 3.63) is 59.7 Å². The fourth-order valence-electron chi connectivity index (χ4n) is 2.60. The van der Waals surface area contributed by atoms with Gasteiger partial charge in [-0.1, -0.05) is 65.8 Å². The lowest BCUT2D eigenvalue weighted by atomic mass is 9.88. The minimum absolute atomic E-state index is 0.196. The molecular weight excluding hydrogens is 308 g/mol. The van der Waals surface area contributed by atoms with E-state index >= 15 is 0 Å². The number of hydrogen-bond acceptors (Lipinski definition) is 2. The van der Waals surface area contributed by atoms with Crippen LogP contribution >= 0.6 is 0 Å². The highest BCUT2D eigenvalue weighted by Gasteiger charge is 2.12. The summed E-state index contributed by atoms with van der Waals surface area (Å²) in [6.07, 6.45) is 1.04. The quantitative estimate of drug-likeness (QED) is 0.587. The van der Waals surface area contributed by atoms with Gasteiger partial charge < -0.3 is 9.47 Å². The van der Waals surface area contributed by atoms with Crippen LogP contribution in [-0.4, -0.2) is 6.61 Å². The van der Waals surface area contributed by atoms with Gasteiger partial charge in [-0.25, -0.2) is 0 Å². The third-order valence-corrected chi connectivity index (χ3v) is 3.60. The van der Waals surface area contributed by atoms with Crippen molar-refractivity contribution >= 4 is 0 Å². The Hall–Kier alpha value is -1.80. The van der Waals surface area contributed by atoms with Crippen molar-refractivity contribution < 1.29 is 9.47 Å². The summed E-state index contributed by atoms with van der Waals surface area (Å²) < 4.78 is 11.8. The molecule has 0 radical (unpaired) electrons. The molecule has 0 N–H and O–H groups in total. The standard InChI is InChI=1S/C23H32O2/c1-22(2,3)15-19-8-7-9-21(14-19)25-20-12-10-18(11-13-20)16-24-17-23(4,5)6/h7-14H,15-17H2,1-6H3. The van der Waals surface area contributed by atoms with E-state index in [9.17, 15) is 0 Å². The SMILES string of the molecule is CC(C)(C)COCc1ccc(Oc2cccc(CC(C)(C)C)c2)cc1. The summed E-state index contributed by atoms with van der Waals surface area (Å²) in [5.74, 6) is 1.74. The molecule has 0 atom stereocenters. The minimum Gasteiger partial charge on any atom is -0.457 e. The van der Waals surface area contributed by atoms with E-state index < -0.39 is 0 Å². The van der Waals surface area contributed by atoms with Gasteiger partial charge >= 0.3 is 0 Å². The molecule has 2 aromatic rings. The molecule has 0 unspecified atom stereocenters. The zero-order valence-electron chi connectivity index (χ0n) is 16.6. The summed E-state index contributed by atoms with van der Waals surface area (Å²) in [5, 5.41) is 0. The Bertz CT molecular complexity index is 658. The van der Waals surface area contributed by atoms with Crippen molar-refractivity contribution in [3.8, 4) is 11.5 Å². The molecule has 2 rings (SSSR count). The lowest BCUT2D eigenvalue weighted by molar-refractivity contribution is 0.0599. The van der Waals surface area contributed by atoms with E-state index in [-0.39, 0.29) is 10.8 Å². The van der Waals surface area contributed by atoms with Gasteiger partial charge in [0.1, 0.15) is 11.5 Å². The third kappa shape index (κ3) is 7.74. The summed E-state index contributed by atoms with van der Waals surface area (Å²) in [4.78, 5) is 0. The fourth-order valence-corrected chi connectivity index (χ4v) is 2.60. The van der Waals surface area contributed by atoms with Crippen LogP contribution in [0.1, 0.15) is 52.7 Å². The van der Waals surface area contributed by atoms with Gasteiger partial charge in [0, 0.05) is 0 Å². The summed E-state index contributed by atoms with van der Waals surface area (Å²) >= 11 is 0. The van der Waals surface area contributed by atoms with Crippen LogP contribution in [-0.2, 0) is 17.8 Å². The highest BCUT2D eigenvalue weighted by molar-refractivity contribution is 5.35. The predicted octanol–water partition coefficient (Wildman–Crippen LogP) is 6.63. The van der Waals surface area contributed by atoms with E-state index in [1.54, 1.807) is 0 Å². The molecule has 0 aliphatic rings. The first-order chi connectivity index (χ1) is 11.6. The molecule has 0 heterocycles. The monoisotopic (exact) mass is 340 g/mol. The highest BCUT2D eigenvalue weighted by atomic mass is 16.5. The Kier molecular flexibility index (Phi) is 6.29. The Morgan fingerprint density at radius 1 is 0.720 bits per heavy atom. The normalized spacial score (nSPS) is 12.2. The van der Waals surface area contributed by atoms with Crippen LogP contribution in [0.15, 0.2) is 48.5 Å². The topological polar surface area (TPSA) is 18.5 Å². The molecule has 0 bridgehead atoms. The number of ether oxygens (including phenoxy) is 2. The molecule has 0 aliphatic carbocycles. The summed E-state index contributed by atoms with van der Waals surface area (Å²) in [5.41, 5.74) is 2.93. The molecule has 2 aromatic carbocycles. The zero-order valence-corrected chi connectivity index (χ0v) is 16.6. The first-order valence-electron chi connectivity index (χ1n) is 9.04. The molecule has 2 heteroatoms. The van der Waals surface area contributed by atoms with Gasteiger partial charge in [-0.2, -0.15) is 0 Å². The number of hydrogen-bond donors (Lipinski definition) is 0. The zero-order chi connectivity index (χ0) is 18.5. The van der Waals surface area contributed by atoms with Gasteiger partial charge in [0.15, 0.2) is 0 Å². The first-order valence-corrected chi connectivity index (χ1v) is 9.04. The van der Waals surface area contributed by atoms with Crippen LogP contribution in [0.4, 0.5) is 0 Å². The Balaban J connectivity index is 1.94. The molecule has 0 spiro atoms. The molecule has 0 fully saturated rings. The van der Waals surface area contributed by atoms with Crippen molar-refractivity contribution in [3.63, 3.8) is 0 Å². The maximum atomic E-state index is 6.01. The van der Waals surface area contributed by atoms with Crippen molar-refractivity contribution in [2.45, 2.75) is 54.6 Å². The maximum Gasteiger partial charge on any atom is 0.127 e. The highest BCUT2D eigenvalue weighted by Crippen LogP contribution is 2.26. The van der Waals surface area contributed by atoms with Crippen molar-refractivity contribution in [2.75, 3.05) is 6.61 Å². The molecule has 2 nitrogen and oxygen atoms in total. The van der Waals surface area contributed by atoms with E-state index in [1.165, 1.54) is 5.56 Å². The molecular formula is C23H32O2. The number of rotatable bonds is 6. The second-order valence-corrected chi connectivity index (χ2v) is 9.18. The first kappa shape index (κ1) is 19.5. The summed E-state index contributed by atoms with van der Waals surface area (Å²) in [6, 6.07) is 16.5. The molecule has 0 saturated heterocycles. The van der Waals surface area contributed by atoms with Gasteiger partial charge in [-0.15, -0.1) is 0 Å². The van der Waals surface area contributed by atoms with E-state index in [4.69, 9.17) is 9.47 Å². The van der Waals surface area contributed by atoms with Gasteiger partial charge in [0.05, 0.1) is 13.2 Å². The maximum absolute atomic E-state index is 6.01. The number of benzene rings is 2. The molecule has 136 valence electrons. The Labute approximate surface area is 153 Å². The van der Waals surface area contributed by atoms with Crippen LogP contribution in [0.3, 0.4) is 0 Å². The summed E-state index contributed by atoms with van der Waals surface area (Å²) in [7, 11) is 0. The van der Waals surface area contributed by atoms with Gasteiger partial charge in [-0.3, -0.25) is 0 Å². The molecule has 0 amide bonds. The molecule has 0 aromatic heterocycles. The van der Waals surface area contributed by atoms with Crippen LogP contribution in [0, 0.1) is 10.8 Å². The van der Waals surface area contributed by atoms with Gasteiger partial charge in [0.25, 0.3) is 0 Å². The van der Waals surface area contributed by atoms with E-state index in [0.717, 1.165) is 30.1 Å². The van der Waals surface area contributed by atoms with Crippen LogP contribution in [0.2, 0.25) is 0 Å². The minimum atomic E-state index is 0.196. The smallest absolute Gasteiger partial charge is 0.127 e. The second kappa shape index (κ2) is 8.05. The second-order valence-electron chi connectivity index (χ2n) is 9.18. The van der Waals surface area contributed by atoms with Crippen LogP contribution in [0.25, 0.3) is 0 Å². The third-order valence-electron chi connectivity index (χ3n) is 3.60. The van der Waals surface area contributed by atoms with E-state index in [0.29, 0.717) is 6.61 Å². The van der Waals surface area contributed by atoms with E-state index in [1.807, 2.05) is 18.2 Å². The van der Waals surface area contributed by atoms with Crippen molar-refractivity contribution in [1.82, 2.24) is 0 Å². The summed E-state index contributed by atoms with van der Waals surface area (Å²) in [6.45, 7) is 14.7. The average molecular weight is 341 g/mol. The van der Waals surface area contributed by atoms with Crippen LogP contribution < -0.4 is 4.74 Å². The molecule has 0 saturated carbocycles. The largest absolute Gasteiger partial charge is 0.457 e. The lowest BCUT2D eigenvalue weighted by Gasteiger charge is -2.18. The Morgan fingerprint density at radius 3 is 2.00 bits per heavy atom. The van der Waals surface area contributed by atoms with Crippen LogP contribution in [0.5, 0.6) is 11.5 Å². The molecule has 25 heavy (non-hydrogen) atoms. The van der Waals surface area contributed by atoms with Crippen molar-refractivity contribution in [1.29, 1.82) is 0 Å². The van der Waals surface area contributed by atoms with Gasteiger partial charge in [-0.05, 0) is 52.6 Å². The fraction of sp³-hybridized carbons (Fsp3) is 0.478. The van der Waals surface area contributed by atoms with Crippen molar-refractivity contribution in [2.24, 2.45) is 10.8 Å². The average Bonchev–Trinajstić information content (AvgIpc) is 2.46. The Morgan fingerprint density at radius 2 is 1.40 bits per heavy atom. The van der Waals surface area contributed by atoms with E-state index in [2.05, 4.69) is 71.9 Å². The molecule has 0 aliphatic heterocycles. The predicted molar refractivity (Wildman–Crippen MR) is 105 cm³/mol. The lowest BCUT2D eigenvalue weighted by Crippen LogP contribution is -2.14. The van der Waals surface area contributed by atoms with Gasteiger partial charge in [0.2, 0.25) is 0 Å².